The summed E-state index contributed by atoms with van der Waals surface area (Å²) in [4.78, 5) is 15.9. The zero-order valence-electron chi connectivity index (χ0n) is 14.5. The molecule has 1 aliphatic heterocycles. The summed E-state index contributed by atoms with van der Waals surface area (Å²) in [6, 6.07) is 10.1. The maximum atomic E-state index is 13.0. The molecule has 1 aliphatic rings. The summed E-state index contributed by atoms with van der Waals surface area (Å²) in [5.74, 6) is 2.35. The summed E-state index contributed by atoms with van der Waals surface area (Å²) in [5.41, 5.74) is 0. The van der Waals surface area contributed by atoms with Gasteiger partial charge in [-0.15, -0.1) is 22.0 Å². The van der Waals surface area contributed by atoms with Crippen LogP contribution in [0.5, 0.6) is 0 Å². The van der Waals surface area contributed by atoms with Crippen molar-refractivity contribution < 1.29 is 4.79 Å². The third-order valence-corrected chi connectivity index (χ3v) is 5.84. The van der Waals surface area contributed by atoms with Crippen molar-refractivity contribution >= 4 is 17.7 Å². The molecule has 0 saturated carbocycles. The van der Waals surface area contributed by atoms with E-state index in [1.807, 2.05) is 25.2 Å². The van der Waals surface area contributed by atoms with Gasteiger partial charge in [0.25, 0.3) is 0 Å². The number of fused-ring (bicyclic) bond motifs is 1. The maximum Gasteiger partial charge on any atom is 0.236 e. The second-order valence-electron chi connectivity index (χ2n) is 6.58. The molecule has 3 rings (SSSR count). The van der Waals surface area contributed by atoms with Gasteiger partial charge in [-0.3, -0.25) is 4.79 Å². The van der Waals surface area contributed by atoms with Crippen molar-refractivity contribution in [1.29, 1.82) is 0 Å². The molecule has 1 amide bonds. The molecule has 0 bridgehead atoms. The van der Waals surface area contributed by atoms with E-state index in [4.69, 9.17) is 0 Å². The van der Waals surface area contributed by atoms with E-state index in [9.17, 15) is 4.79 Å². The molecule has 1 aromatic carbocycles. The fourth-order valence-electron chi connectivity index (χ4n) is 2.95. The van der Waals surface area contributed by atoms with Crippen LogP contribution in [0.3, 0.4) is 0 Å². The molecule has 1 aromatic heterocycles. The number of nitrogens with zero attached hydrogens (tertiary/aromatic N) is 4. The number of hydrogen-bond acceptors (Lipinski definition) is 4. The summed E-state index contributed by atoms with van der Waals surface area (Å²) in [6.07, 6.45) is 2.11. The lowest BCUT2D eigenvalue weighted by atomic mass is 10.1. The summed E-state index contributed by atoms with van der Waals surface area (Å²) in [7, 11) is 1.86. The monoisotopic (exact) mass is 344 g/mol. The first-order valence-corrected chi connectivity index (χ1v) is 9.32. The third kappa shape index (κ3) is 3.64. The number of thioether (sulfide) groups is 1. The summed E-state index contributed by atoms with van der Waals surface area (Å²) < 4.78 is 2.15. The molecule has 0 saturated heterocycles. The lowest BCUT2D eigenvalue weighted by molar-refractivity contribution is -0.130. The third-order valence-electron chi connectivity index (χ3n) is 4.30. The van der Waals surface area contributed by atoms with Crippen LogP contribution in [0.4, 0.5) is 0 Å². The first-order chi connectivity index (χ1) is 11.6. The van der Waals surface area contributed by atoms with Crippen molar-refractivity contribution in [1.82, 2.24) is 19.7 Å². The molecular weight excluding hydrogens is 320 g/mol. The Kier molecular flexibility index (Phi) is 5.23. The van der Waals surface area contributed by atoms with E-state index in [-0.39, 0.29) is 17.1 Å². The average molecular weight is 344 g/mol. The van der Waals surface area contributed by atoms with Gasteiger partial charge in [0.05, 0.1) is 11.8 Å². The number of amides is 1. The predicted octanol–water partition coefficient (Wildman–Crippen LogP) is 3.00. The van der Waals surface area contributed by atoms with Crippen LogP contribution in [-0.2, 0) is 24.3 Å². The second-order valence-corrected chi connectivity index (χ2v) is 7.79. The van der Waals surface area contributed by atoms with Gasteiger partial charge in [-0.25, -0.2) is 0 Å². The summed E-state index contributed by atoms with van der Waals surface area (Å²) in [5, 5.41) is 8.39. The lowest BCUT2D eigenvalue weighted by Crippen LogP contribution is -2.37. The van der Waals surface area contributed by atoms with Gasteiger partial charge in [-0.05, 0) is 24.5 Å². The fraction of sp³-hybridized carbons (Fsp3) is 0.500. The van der Waals surface area contributed by atoms with Crippen LogP contribution in [0.15, 0.2) is 35.2 Å². The maximum absolute atomic E-state index is 13.0. The van der Waals surface area contributed by atoms with Crippen molar-refractivity contribution in [3.63, 3.8) is 0 Å². The van der Waals surface area contributed by atoms with Crippen LogP contribution in [-0.4, -0.2) is 37.9 Å². The quantitative estimate of drug-likeness (QED) is 0.756. The van der Waals surface area contributed by atoms with Gasteiger partial charge in [0.2, 0.25) is 5.91 Å². The molecule has 0 unspecified atom stereocenters. The molecule has 24 heavy (non-hydrogen) atoms. The minimum Gasteiger partial charge on any atom is -0.337 e. The number of rotatable bonds is 6. The molecular formula is C18H24N4OS. The molecule has 0 fully saturated rings. The molecule has 6 heteroatoms. The van der Waals surface area contributed by atoms with Gasteiger partial charge in [-0.1, -0.05) is 32.0 Å². The van der Waals surface area contributed by atoms with Gasteiger partial charge in [0.1, 0.15) is 5.82 Å². The topological polar surface area (TPSA) is 51.0 Å². The highest BCUT2D eigenvalue weighted by Crippen LogP contribution is 2.29. The zero-order valence-corrected chi connectivity index (χ0v) is 15.3. The highest BCUT2D eigenvalue weighted by Gasteiger charge is 2.28. The van der Waals surface area contributed by atoms with Crippen molar-refractivity contribution in [3.05, 3.63) is 42.0 Å². The van der Waals surface area contributed by atoms with Gasteiger partial charge in [-0.2, -0.15) is 0 Å². The number of aromatic nitrogens is 3. The number of hydrogen-bond donors (Lipinski definition) is 0. The summed E-state index contributed by atoms with van der Waals surface area (Å²) >= 11 is 1.64. The first-order valence-electron chi connectivity index (χ1n) is 8.44. The van der Waals surface area contributed by atoms with E-state index in [0.29, 0.717) is 6.54 Å². The minimum absolute atomic E-state index is 0.0987. The van der Waals surface area contributed by atoms with Crippen molar-refractivity contribution in [2.45, 2.75) is 49.9 Å². The predicted molar refractivity (Wildman–Crippen MR) is 95.7 cm³/mol. The van der Waals surface area contributed by atoms with Crippen molar-refractivity contribution in [2.24, 2.45) is 5.92 Å². The van der Waals surface area contributed by atoms with Gasteiger partial charge in [0, 0.05) is 24.9 Å². The van der Waals surface area contributed by atoms with Crippen LogP contribution in [0.2, 0.25) is 0 Å². The van der Waals surface area contributed by atoms with Crippen LogP contribution in [0.1, 0.15) is 31.9 Å². The molecule has 0 N–H and O–H groups in total. The Morgan fingerprint density at radius 1 is 1.29 bits per heavy atom. The van der Waals surface area contributed by atoms with Crippen LogP contribution >= 0.6 is 11.8 Å². The average Bonchev–Trinajstić information content (AvgIpc) is 3.17. The fourth-order valence-corrected chi connectivity index (χ4v) is 4.11. The standard InChI is InChI=1S/C18H24N4OS/c1-13(2)17(24-14-8-5-4-6-9-14)18(23)21(3)12-16-20-19-15-10-7-11-22(15)16/h4-6,8-9,13,17H,7,10-12H2,1-3H3/t17-/m0/s1. The van der Waals surface area contributed by atoms with Crippen molar-refractivity contribution in [2.75, 3.05) is 7.05 Å². The van der Waals surface area contributed by atoms with E-state index < -0.39 is 0 Å². The van der Waals surface area contributed by atoms with Crippen LogP contribution in [0, 0.1) is 5.92 Å². The van der Waals surface area contributed by atoms with Gasteiger partial charge < -0.3 is 9.47 Å². The normalized spacial score (nSPS) is 14.7. The molecule has 2 aromatic rings. The molecule has 0 spiro atoms. The van der Waals surface area contributed by atoms with E-state index in [2.05, 4.69) is 40.7 Å². The van der Waals surface area contributed by atoms with E-state index >= 15 is 0 Å². The number of benzene rings is 1. The Hall–Kier alpha value is -1.82. The molecule has 0 aliphatic carbocycles. The van der Waals surface area contributed by atoms with E-state index in [1.54, 1.807) is 16.7 Å². The molecule has 128 valence electrons. The Balaban J connectivity index is 1.69. The van der Waals surface area contributed by atoms with Crippen LogP contribution in [0.25, 0.3) is 0 Å². The molecule has 0 radical (unpaired) electrons. The van der Waals surface area contributed by atoms with Crippen LogP contribution < -0.4 is 0 Å². The Morgan fingerprint density at radius 2 is 2.04 bits per heavy atom. The smallest absolute Gasteiger partial charge is 0.236 e. The first kappa shape index (κ1) is 17.0. The minimum atomic E-state index is -0.0987. The second kappa shape index (κ2) is 7.38. The highest BCUT2D eigenvalue weighted by atomic mass is 32.2. The molecule has 5 nitrogen and oxygen atoms in total. The summed E-state index contributed by atoms with van der Waals surface area (Å²) in [6.45, 7) is 5.68. The Bertz CT molecular complexity index is 698. The zero-order chi connectivity index (χ0) is 17.1. The van der Waals surface area contributed by atoms with Crippen molar-refractivity contribution in [3.8, 4) is 0 Å². The number of aryl methyl sites for hydroxylation is 1. The van der Waals surface area contributed by atoms with E-state index in [1.165, 1.54) is 0 Å². The van der Waals surface area contributed by atoms with Gasteiger partial charge >= 0.3 is 0 Å². The SMILES string of the molecule is CC(C)[C@H](Sc1ccccc1)C(=O)N(C)Cc1nnc2n1CCC2. The lowest BCUT2D eigenvalue weighted by Gasteiger charge is -2.25. The van der Waals surface area contributed by atoms with E-state index in [0.717, 1.165) is 35.9 Å². The number of carbonyl (C=O) groups is 1. The molecule has 1 atom stereocenters. The highest BCUT2D eigenvalue weighted by molar-refractivity contribution is 8.00. The number of carbonyl (C=O) groups excluding carboxylic acids is 1. The Morgan fingerprint density at radius 3 is 2.75 bits per heavy atom. The Labute approximate surface area is 147 Å². The largest absolute Gasteiger partial charge is 0.337 e. The van der Waals surface area contributed by atoms with Gasteiger partial charge in [0.15, 0.2) is 5.82 Å². The molecule has 2 heterocycles.